The molecule has 0 aliphatic carbocycles. The topological polar surface area (TPSA) is 22.0 Å². The highest BCUT2D eigenvalue weighted by Gasteiger charge is 1.95. The van der Waals surface area contributed by atoms with Gasteiger partial charge in [0.05, 0.1) is 0 Å². The zero-order valence-electron chi connectivity index (χ0n) is 5.96. The summed E-state index contributed by atoms with van der Waals surface area (Å²) in [5.41, 5.74) is 0.771. The number of nitrogens with zero attached hydrogens (tertiary/aromatic N) is 1. The van der Waals surface area contributed by atoms with Crippen LogP contribution < -0.4 is 5.56 Å². The molecule has 0 bridgehead atoms. The second-order valence-electron chi connectivity index (χ2n) is 2.30. The Kier molecular flexibility index (Phi) is 1.85. The molecule has 0 saturated carbocycles. The maximum atomic E-state index is 11.0. The molecule has 54 valence electrons. The smallest absolute Gasteiger partial charge is 0.253 e. The van der Waals surface area contributed by atoms with Crippen LogP contribution in [0.5, 0.6) is 0 Å². The molecule has 0 saturated heterocycles. The Morgan fingerprint density at radius 2 is 2.20 bits per heavy atom. The second-order valence-corrected chi connectivity index (χ2v) is 2.81. The van der Waals surface area contributed by atoms with Crippen LogP contribution in [0, 0.1) is 6.92 Å². The molecule has 0 unspecified atom stereocenters. The Bertz CT molecular complexity index is 277. The first-order valence-electron chi connectivity index (χ1n) is 2.97. The first-order valence-corrected chi connectivity index (χ1v) is 3.42. The van der Waals surface area contributed by atoms with Gasteiger partial charge in [-0.3, -0.25) is 4.79 Å². The highest BCUT2D eigenvalue weighted by Crippen LogP contribution is 2.02. The lowest BCUT2D eigenvalue weighted by molar-refractivity contribution is 0.829. The summed E-state index contributed by atoms with van der Waals surface area (Å²) in [6, 6.07) is 1.76. The molecule has 0 N–H and O–H groups in total. The summed E-state index contributed by atoms with van der Waals surface area (Å²) in [6.45, 7) is 1.78. The van der Waals surface area contributed by atoms with Crippen molar-refractivity contribution in [2.75, 3.05) is 0 Å². The fourth-order valence-corrected chi connectivity index (χ4v) is 1.22. The van der Waals surface area contributed by atoms with Crippen molar-refractivity contribution >= 4 is 12.6 Å². The number of hydrogen-bond donors (Lipinski definition) is 1. The monoisotopic (exact) mass is 155 g/mol. The minimum absolute atomic E-state index is 0.0396. The van der Waals surface area contributed by atoms with Gasteiger partial charge in [0.15, 0.2) is 0 Å². The van der Waals surface area contributed by atoms with E-state index >= 15 is 0 Å². The lowest BCUT2D eigenvalue weighted by Crippen LogP contribution is -2.17. The molecule has 2 nitrogen and oxygen atoms in total. The van der Waals surface area contributed by atoms with E-state index in [1.807, 2.05) is 0 Å². The summed E-state index contributed by atoms with van der Waals surface area (Å²) in [7, 11) is 1.72. The predicted octanol–water partition coefficient (Wildman–Crippen LogP) is 0.982. The highest BCUT2D eigenvalue weighted by molar-refractivity contribution is 7.80. The summed E-state index contributed by atoms with van der Waals surface area (Å²) in [6.07, 6.45) is 1.69. The van der Waals surface area contributed by atoms with E-state index in [1.54, 1.807) is 26.2 Å². The number of rotatable bonds is 0. The molecule has 10 heavy (non-hydrogen) atoms. The third-order valence-electron chi connectivity index (χ3n) is 1.35. The Morgan fingerprint density at radius 1 is 1.60 bits per heavy atom. The number of pyridine rings is 1. The molecular weight excluding hydrogens is 146 g/mol. The quantitative estimate of drug-likeness (QED) is 0.554. The van der Waals surface area contributed by atoms with Crippen molar-refractivity contribution in [3.8, 4) is 0 Å². The van der Waals surface area contributed by atoms with E-state index in [-0.39, 0.29) is 5.56 Å². The van der Waals surface area contributed by atoms with Crippen molar-refractivity contribution in [3.05, 3.63) is 28.2 Å². The standard InChI is InChI=1S/C7H9NOS/c1-5-3-6(10)4-8(2)7(5)9/h3-4,10H,1-2H3. The molecule has 1 aromatic rings. The minimum Gasteiger partial charge on any atom is -0.317 e. The molecule has 0 atom stereocenters. The summed E-state index contributed by atoms with van der Waals surface area (Å²) in [5.74, 6) is 0. The molecule has 3 heteroatoms. The van der Waals surface area contributed by atoms with Crippen molar-refractivity contribution in [2.24, 2.45) is 7.05 Å². The normalized spacial score (nSPS) is 9.90. The molecule has 1 heterocycles. The van der Waals surface area contributed by atoms with Gasteiger partial charge in [-0.15, -0.1) is 12.6 Å². The fourth-order valence-electron chi connectivity index (χ4n) is 0.856. The van der Waals surface area contributed by atoms with E-state index in [4.69, 9.17) is 0 Å². The van der Waals surface area contributed by atoms with Crippen LogP contribution in [-0.2, 0) is 7.05 Å². The van der Waals surface area contributed by atoms with Gasteiger partial charge in [0, 0.05) is 23.7 Å². The number of thiol groups is 1. The van der Waals surface area contributed by atoms with Crippen LogP contribution in [0.4, 0.5) is 0 Å². The molecule has 0 radical (unpaired) electrons. The summed E-state index contributed by atoms with van der Waals surface area (Å²) >= 11 is 4.11. The van der Waals surface area contributed by atoms with Crippen LogP contribution in [0.2, 0.25) is 0 Å². The van der Waals surface area contributed by atoms with Gasteiger partial charge < -0.3 is 4.57 Å². The van der Waals surface area contributed by atoms with E-state index in [1.165, 1.54) is 4.57 Å². The first kappa shape index (κ1) is 7.41. The van der Waals surface area contributed by atoms with Gasteiger partial charge in [-0.2, -0.15) is 0 Å². The Morgan fingerprint density at radius 3 is 2.70 bits per heavy atom. The van der Waals surface area contributed by atoms with Crippen molar-refractivity contribution < 1.29 is 0 Å². The predicted molar refractivity (Wildman–Crippen MR) is 43.7 cm³/mol. The van der Waals surface area contributed by atoms with Crippen LogP contribution in [0.1, 0.15) is 5.56 Å². The fraction of sp³-hybridized carbons (Fsp3) is 0.286. The lowest BCUT2D eigenvalue weighted by Gasteiger charge is -1.99. The van der Waals surface area contributed by atoms with E-state index < -0.39 is 0 Å². The summed E-state index contributed by atoms with van der Waals surface area (Å²) in [5, 5.41) is 0. The van der Waals surface area contributed by atoms with Crippen LogP contribution in [0.25, 0.3) is 0 Å². The molecule has 1 rings (SSSR count). The van der Waals surface area contributed by atoms with Crippen LogP contribution in [-0.4, -0.2) is 4.57 Å². The Labute approximate surface area is 64.9 Å². The van der Waals surface area contributed by atoms with Gasteiger partial charge in [-0.25, -0.2) is 0 Å². The lowest BCUT2D eigenvalue weighted by atomic mass is 10.3. The molecule has 0 aliphatic rings. The van der Waals surface area contributed by atoms with Gasteiger partial charge in [0.1, 0.15) is 0 Å². The average molecular weight is 155 g/mol. The van der Waals surface area contributed by atoms with Crippen LogP contribution in [0.15, 0.2) is 22.0 Å². The van der Waals surface area contributed by atoms with Crippen molar-refractivity contribution in [1.82, 2.24) is 4.57 Å². The maximum absolute atomic E-state index is 11.0. The van der Waals surface area contributed by atoms with Crippen molar-refractivity contribution in [2.45, 2.75) is 11.8 Å². The maximum Gasteiger partial charge on any atom is 0.253 e. The first-order chi connectivity index (χ1) is 4.61. The molecule has 0 fully saturated rings. The van der Waals surface area contributed by atoms with Crippen LogP contribution >= 0.6 is 12.6 Å². The highest BCUT2D eigenvalue weighted by atomic mass is 32.1. The van der Waals surface area contributed by atoms with Crippen molar-refractivity contribution in [1.29, 1.82) is 0 Å². The number of aryl methyl sites for hydroxylation is 2. The van der Waals surface area contributed by atoms with Gasteiger partial charge in [-0.1, -0.05) is 0 Å². The summed E-state index contributed by atoms with van der Waals surface area (Å²) in [4.78, 5) is 11.9. The number of aromatic nitrogens is 1. The zero-order chi connectivity index (χ0) is 7.72. The van der Waals surface area contributed by atoms with Gasteiger partial charge in [0.2, 0.25) is 0 Å². The van der Waals surface area contributed by atoms with E-state index in [2.05, 4.69) is 12.6 Å². The van der Waals surface area contributed by atoms with E-state index in [0.717, 1.165) is 10.5 Å². The van der Waals surface area contributed by atoms with Gasteiger partial charge in [0.25, 0.3) is 5.56 Å². The van der Waals surface area contributed by atoms with E-state index in [9.17, 15) is 4.79 Å². The second kappa shape index (κ2) is 2.50. The SMILES string of the molecule is Cc1cc(S)cn(C)c1=O. The third kappa shape index (κ3) is 1.24. The Balaban J connectivity index is 3.46. The number of hydrogen-bond acceptors (Lipinski definition) is 2. The summed E-state index contributed by atoms with van der Waals surface area (Å²) < 4.78 is 1.53. The van der Waals surface area contributed by atoms with E-state index in [0.29, 0.717) is 0 Å². The molecule has 0 amide bonds. The van der Waals surface area contributed by atoms with Crippen molar-refractivity contribution in [3.63, 3.8) is 0 Å². The third-order valence-corrected chi connectivity index (χ3v) is 1.59. The zero-order valence-corrected chi connectivity index (χ0v) is 6.85. The molecule has 0 aromatic carbocycles. The molecule has 0 spiro atoms. The average Bonchev–Trinajstić information content (AvgIpc) is 1.82. The van der Waals surface area contributed by atoms with Gasteiger partial charge >= 0.3 is 0 Å². The minimum atomic E-state index is 0.0396. The van der Waals surface area contributed by atoms with Crippen LogP contribution in [0.3, 0.4) is 0 Å². The Hall–Kier alpha value is -0.700. The van der Waals surface area contributed by atoms with Gasteiger partial charge in [-0.05, 0) is 13.0 Å². The largest absolute Gasteiger partial charge is 0.317 e. The molecule has 1 aromatic heterocycles. The molecular formula is C7H9NOS. The molecule has 0 aliphatic heterocycles.